The summed E-state index contributed by atoms with van der Waals surface area (Å²) in [5, 5.41) is 0. The lowest BCUT2D eigenvalue weighted by Crippen LogP contribution is -2.15. The van der Waals surface area contributed by atoms with Crippen molar-refractivity contribution in [2.24, 2.45) is 0 Å². The lowest BCUT2D eigenvalue weighted by molar-refractivity contribution is 0.437. The van der Waals surface area contributed by atoms with E-state index in [2.05, 4.69) is 69.7 Å². The third kappa shape index (κ3) is 6.18. The second-order valence-corrected chi connectivity index (χ2v) is 8.99. The maximum absolute atomic E-state index is 2.52. The molecule has 1 aromatic rings. The van der Waals surface area contributed by atoms with Crippen LogP contribution in [0.25, 0.3) is 0 Å². The largest absolute Gasteiger partial charge is 0.309 e. The molecule has 1 unspecified atom stereocenters. The van der Waals surface area contributed by atoms with Gasteiger partial charge in [-0.3, -0.25) is 0 Å². The predicted molar refractivity (Wildman–Crippen MR) is 114 cm³/mol. The van der Waals surface area contributed by atoms with E-state index in [4.69, 9.17) is 0 Å². The summed E-state index contributed by atoms with van der Waals surface area (Å²) in [6, 6.07) is 4.88. The Hall–Kier alpha value is -0.730. The highest BCUT2D eigenvalue weighted by molar-refractivity contribution is 7.99. The van der Waals surface area contributed by atoms with E-state index in [0.717, 1.165) is 6.54 Å². The van der Waals surface area contributed by atoms with E-state index < -0.39 is 0 Å². The van der Waals surface area contributed by atoms with Crippen molar-refractivity contribution in [3.63, 3.8) is 0 Å². The van der Waals surface area contributed by atoms with Crippen molar-refractivity contribution >= 4 is 11.8 Å². The van der Waals surface area contributed by atoms with Crippen molar-refractivity contribution in [3.8, 4) is 0 Å². The molecule has 2 heteroatoms. The molecule has 0 saturated carbocycles. The highest BCUT2D eigenvalue weighted by Gasteiger charge is 2.19. The van der Waals surface area contributed by atoms with E-state index in [1.807, 2.05) is 0 Å². The average Bonchev–Trinajstić information content (AvgIpc) is 2.57. The first kappa shape index (κ1) is 20.6. The molecule has 0 spiro atoms. The molecule has 0 amide bonds. The Morgan fingerprint density at radius 2 is 1.96 bits per heavy atom. The summed E-state index contributed by atoms with van der Waals surface area (Å²) in [7, 11) is 4.34. The van der Waals surface area contributed by atoms with Gasteiger partial charge in [0.15, 0.2) is 0 Å². The van der Waals surface area contributed by atoms with Gasteiger partial charge in [-0.15, -0.1) is 11.8 Å². The number of benzene rings is 1. The molecule has 2 rings (SSSR count). The Bertz CT molecular complexity index is 574. The van der Waals surface area contributed by atoms with Gasteiger partial charge in [-0.2, -0.15) is 0 Å². The number of hydrogen-bond acceptors (Lipinski definition) is 2. The summed E-state index contributed by atoms with van der Waals surface area (Å²) >= 11 is 2.08. The Balaban J connectivity index is 2.25. The van der Waals surface area contributed by atoms with E-state index in [-0.39, 0.29) is 0 Å². The lowest BCUT2D eigenvalue weighted by atomic mass is 9.83. The van der Waals surface area contributed by atoms with Crippen LogP contribution in [0, 0.1) is 6.92 Å². The molecule has 1 atom stereocenters. The van der Waals surface area contributed by atoms with Crippen LogP contribution in [0.1, 0.15) is 75.0 Å². The van der Waals surface area contributed by atoms with E-state index in [1.165, 1.54) is 50.7 Å². The van der Waals surface area contributed by atoms with Crippen LogP contribution in [0.2, 0.25) is 0 Å². The molecule has 0 saturated heterocycles. The number of allylic oxidation sites excluding steroid dienone is 2. The summed E-state index contributed by atoms with van der Waals surface area (Å²) in [6.07, 6.45) is 11.7. The molecule has 1 aliphatic rings. The summed E-state index contributed by atoms with van der Waals surface area (Å²) in [5.74, 6) is 1.81. The highest BCUT2D eigenvalue weighted by atomic mass is 32.2. The van der Waals surface area contributed by atoms with Gasteiger partial charge in [0.05, 0.1) is 0 Å². The van der Waals surface area contributed by atoms with Gasteiger partial charge in [-0.25, -0.2) is 0 Å². The molecular weight excluding hydrogens is 322 g/mol. The van der Waals surface area contributed by atoms with Crippen LogP contribution in [0.4, 0.5) is 0 Å². The SMILES string of the molecule is CCCCCc1ccc(C2C=C(C)CCC2)c(C)c1SCCN(C)C. The van der Waals surface area contributed by atoms with Crippen LogP contribution in [-0.2, 0) is 6.42 Å². The van der Waals surface area contributed by atoms with Crippen LogP contribution >= 0.6 is 11.8 Å². The van der Waals surface area contributed by atoms with Crippen LogP contribution in [0.15, 0.2) is 28.7 Å². The summed E-state index contributed by atoms with van der Waals surface area (Å²) in [6.45, 7) is 8.10. The maximum Gasteiger partial charge on any atom is 0.0137 e. The Kier molecular flexibility index (Phi) is 8.58. The highest BCUT2D eigenvalue weighted by Crippen LogP contribution is 2.38. The van der Waals surface area contributed by atoms with Crippen LogP contribution in [0.3, 0.4) is 0 Å². The normalized spacial score (nSPS) is 17.8. The van der Waals surface area contributed by atoms with Gasteiger partial charge < -0.3 is 4.90 Å². The molecule has 1 aliphatic carbocycles. The minimum absolute atomic E-state index is 0.631. The summed E-state index contributed by atoms with van der Waals surface area (Å²) in [4.78, 5) is 3.86. The zero-order chi connectivity index (χ0) is 18.2. The van der Waals surface area contributed by atoms with Crippen LogP contribution < -0.4 is 0 Å². The molecule has 0 N–H and O–H groups in total. The fourth-order valence-corrected chi connectivity index (χ4v) is 5.16. The smallest absolute Gasteiger partial charge is 0.0137 e. The van der Waals surface area contributed by atoms with Crippen molar-refractivity contribution in [1.82, 2.24) is 4.90 Å². The minimum Gasteiger partial charge on any atom is -0.309 e. The van der Waals surface area contributed by atoms with Crippen LogP contribution in [-0.4, -0.2) is 31.3 Å². The van der Waals surface area contributed by atoms with E-state index in [9.17, 15) is 0 Å². The number of rotatable bonds is 9. The first-order valence-electron chi connectivity index (χ1n) is 10.1. The molecule has 0 aliphatic heterocycles. The second kappa shape index (κ2) is 10.4. The van der Waals surface area contributed by atoms with Gasteiger partial charge in [-0.05, 0) is 76.7 Å². The van der Waals surface area contributed by atoms with Crippen molar-refractivity contribution < 1.29 is 0 Å². The lowest BCUT2D eigenvalue weighted by Gasteiger charge is -2.24. The first-order chi connectivity index (χ1) is 12.0. The minimum atomic E-state index is 0.631. The number of unbranched alkanes of at least 4 members (excludes halogenated alkanes) is 2. The number of hydrogen-bond donors (Lipinski definition) is 0. The average molecular weight is 360 g/mol. The van der Waals surface area contributed by atoms with E-state index in [1.54, 1.807) is 27.2 Å². The zero-order valence-electron chi connectivity index (χ0n) is 17.0. The standard InChI is InChI=1S/C23H37NS/c1-6-7-8-11-20-13-14-22(21-12-9-10-18(2)17-21)19(3)23(20)25-16-15-24(4)5/h13-14,17,21H,6-12,15-16H2,1-5H3. The number of thioether (sulfide) groups is 1. The fraction of sp³-hybridized carbons (Fsp3) is 0.652. The number of nitrogens with zero attached hydrogens (tertiary/aromatic N) is 1. The molecule has 0 fully saturated rings. The Morgan fingerprint density at radius 3 is 2.64 bits per heavy atom. The van der Waals surface area contributed by atoms with Crippen molar-refractivity contribution in [2.75, 3.05) is 26.4 Å². The van der Waals surface area contributed by atoms with Gasteiger partial charge in [-0.1, -0.05) is 43.5 Å². The van der Waals surface area contributed by atoms with Gasteiger partial charge >= 0.3 is 0 Å². The molecule has 0 bridgehead atoms. The van der Waals surface area contributed by atoms with E-state index in [0.29, 0.717) is 5.92 Å². The zero-order valence-corrected chi connectivity index (χ0v) is 17.8. The molecule has 0 heterocycles. The molecule has 1 aromatic carbocycles. The summed E-state index contributed by atoms with van der Waals surface area (Å²) in [5.41, 5.74) is 6.28. The van der Waals surface area contributed by atoms with Crippen molar-refractivity contribution in [3.05, 3.63) is 40.5 Å². The van der Waals surface area contributed by atoms with Crippen molar-refractivity contribution in [1.29, 1.82) is 0 Å². The molecule has 1 nitrogen and oxygen atoms in total. The second-order valence-electron chi connectivity index (χ2n) is 7.89. The van der Waals surface area contributed by atoms with Gasteiger partial charge in [0.2, 0.25) is 0 Å². The quantitative estimate of drug-likeness (QED) is 0.278. The van der Waals surface area contributed by atoms with Gasteiger partial charge in [0.1, 0.15) is 0 Å². The third-order valence-corrected chi connectivity index (χ3v) is 6.58. The van der Waals surface area contributed by atoms with Crippen LogP contribution in [0.5, 0.6) is 0 Å². The topological polar surface area (TPSA) is 3.24 Å². The summed E-state index contributed by atoms with van der Waals surface area (Å²) < 4.78 is 0. The molecule has 0 aromatic heterocycles. The van der Waals surface area contributed by atoms with Gasteiger partial charge in [0.25, 0.3) is 0 Å². The molecule has 140 valence electrons. The van der Waals surface area contributed by atoms with E-state index >= 15 is 0 Å². The first-order valence-corrected chi connectivity index (χ1v) is 11.1. The fourth-order valence-electron chi connectivity index (χ4n) is 3.81. The third-order valence-electron chi connectivity index (χ3n) is 5.34. The van der Waals surface area contributed by atoms with Crippen molar-refractivity contribution in [2.45, 2.75) is 76.5 Å². The predicted octanol–water partition coefficient (Wildman–Crippen LogP) is 6.60. The molecule has 25 heavy (non-hydrogen) atoms. The maximum atomic E-state index is 2.52. The molecule has 0 radical (unpaired) electrons. The Morgan fingerprint density at radius 1 is 1.16 bits per heavy atom. The van der Waals surface area contributed by atoms with Gasteiger partial charge in [0, 0.05) is 23.1 Å². The molecular formula is C23H37NS. The monoisotopic (exact) mass is 359 g/mol. The Labute approximate surface area is 160 Å². The number of aryl methyl sites for hydroxylation is 1.